The quantitative estimate of drug-likeness (QED) is 0.453. The molecule has 3 rings (SSSR count). The number of nitrogens with zero attached hydrogens (tertiary/aromatic N) is 1. The molecule has 2 aliphatic heterocycles. The highest BCUT2D eigenvalue weighted by Crippen LogP contribution is 2.32. The number of hydrogen-bond donors (Lipinski definition) is 3. The average molecular weight is 485 g/mol. The lowest BCUT2D eigenvalue weighted by molar-refractivity contribution is -0.142. The fourth-order valence-electron chi connectivity index (χ4n) is 5.13. The molecular weight excluding hydrogens is 448 g/mol. The van der Waals surface area contributed by atoms with Crippen molar-refractivity contribution in [2.75, 3.05) is 7.05 Å². The molecule has 35 heavy (non-hydrogen) atoms. The van der Waals surface area contributed by atoms with Crippen molar-refractivity contribution in [1.82, 2.24) is 20.9 Å². The molecule has 1 aromatic rings. The van der Waals surface area contributed by atoms with Crippen LogP contribution in [0.25, 0.3) is 0 Å². The second-order valence-electron chi connectivity index (χ2n) is 9.61. The van der Waals surface area contributed by atoms with E-state index in [1.807, 2.05) is 6.07 Å². The summed E-state index contributed by atoms with van der Waals surface area (Å²) in [6.07, 6.45) is 3.50. The Balaban J connectivity index is 1.68. The molecule has 2 fully saturated rings. The predicted octanol–water partition coefficient (Wildman–Crippen LogP) is 1.20. The summed E-state index contributed by atoms with van der Waals surface area (Å²) in [6, 6.07) is 5.44. The van der Waals surface area contributed by atoms with E-state index in [2.05, 4.69) is 16.0 Å². The zero-order chi connectivity index (χ0) is 25.7. The SMILES string of the molecule is CN[C@@H](C)C(=O)N[C@H]1CCCC2CC[C@@H](C(=O)NCc3cccc(C(C(C)=O)C(C)=O)c3)N2C1=O. The molecule has 3 amide bonds. The van der Waals surface area contributed by atoms with E-state index < -0.39 is 24.0 Å². The predicted molar refractivity (Wildman–Crippen MR) is 130 cm³/mol. The maximum atomic E-state index is 13.4. The summed E-state index contributed by atoms with van der Waals surface area (Å²) in [4.78, 5) is 64.4. The van der Waals surface area contributed by atoms with E-state index >= 15 is 0 Å². The number of Topliss-reactive ketones (excluding diaryl/α,β-unsaturated/α-hetero) is 2. The summed E-state index contributed by atoms with van der Waals surface area (Å²) in [5.74, 6) is -1.93. The van der Waals surface area contributed by atoms with Gasteiger partial charge < -0.3 is 20.9 Å². The molecule has 0 spiro atoms. The average Bonchev–Trinajstić information content (AvgIpc) is 3.18. The molecule has 9 heteroatoms. The van der Waals surface area contributed by atoms with Gasteiger partial charge in [0.2, 0.25) is 17.7 Å². The third-order valence-electron chi connectivity index (χ3n) is 7.09. The highest BCUT2D eigenvalue weighted by Gasteiger charge is 2.44. The van der Waals surface area contributed by atoms with Gasteiger partial charge in [0, 0.05) is 12.6 Å². The summed E-state index contributed by atoms with van der Waals surface area (Å²) < 4.78 is 0. The fraction of sp³-hybridized carbons (Fsp3) is 0.577. The molecule has 0 saturated carbocycles. The third-order valence-corrected chi connectivity index (χ3v) is 7.09. The van der Waals surface area contributed by atoms with Crippen LogP contribution in [0, 0.1) is 0 Å². The number of carbonyl (C=O) groups is 5. The highest BCUT2D eigenvalue weighted by atomic mass is 16.2. The zero-order valence-corrected chi connectivity index (χ0v) is 20.9. The van der Waals surface area contributed by atoms with Gasteiger partial charge in [0.05, 0.1) is 6.04 Å². The van der Waals surface area contributed by atoms with Gasteiger partial charge in [0.15, 0.2) is 0 Å². The first kappa shape index (κ1) is 26.5. The minimum atomic E-state index is -0.811. The fourth-order valence-corrected chi connectivity index (χ4v) is 5.13. The van der Waals surface area contributed by atoms with E-state index in [-0.39, 0.29) is 41.9 Å². The number of carbonyl (C=O) groups excluding carboxylic acids is 5. The Morgan fingerprint density at radius 2 is 1.77 bits per heavy atom. The second kappa shape index (κ2) is 11.6. The minimum Gasteiger partial charge on any atom is -0.350 e. The van der Waals surface area contributed by atoms with Gasteiger partial charge in [-0.15, -0.1) is 0 Å². The Bertz CT molecular complexity index is 980. The van der Waals surface area contributed by atoms with Crippen LogP contribution < -0.4 is 16.0 Å². The van der Waals surface area contributed by atoms with Crippen molar-refractivity contribution < 1.29 is 24.0 Å². The van der Waals surface area contributed by atoms with Crippen LogP contribution >= 0.6 is 0 Å². The van der Waals surface area contributed by atoms with Gasteiger partial charge in [-0.25, -0.2) is 0 Å². The van der Waals surface area contributed by atoms with Crippen LogP contribution in [-0.2, 0) is 30.5 Å². The molecule has 0 bridgehead atoms. The molecule has 3 N–H and O–H groups in total. The van der Waals surface area contributed by atoms with Crippen molar-refractivity contribution in [2.45, 2.75) is 89.5 Å². The van der Waals surface area contributed by atoms with E-state index in [0.717, 1.165) is 24.8 Å². The topological polar surface area (TPSA) is 125 Å². The summed E-state index contributed by atoms with van der Waals surface area (Å²) in [5, 5.41) is 8.64. The van der Waals surface area contributed by atoms with Gasteiger partial charge in [0.25, 0.3) is 0 Å². The van der Waals surface area contributed by atoms with Crippen molar-refractivity contribution >= 4 is 29.3 Å². The van der Waals surface area contributed by atoms with E-state index in [4.69, 9.17) is 0 Å². The number of ketones is 2. The van der Waals surface area contributed by atoms with Gasteiger partial charge in [0.1, 0.15) is 29.6 Å². The maximum absolute atomic E-state index is 13.4. The molecule has 190 valence electrons. The molecule has 2 aliphatic rings. The molecule has 4 atom stereocenters. The highest BCUT2D eigenvalue weighted by molar-refractivity contribution is 6.05. The van der Waals surface area contributed by atoms with E-state index in [1.54, 1.807) is 37.1 Å². The summed E-state index contributed by atoms with van der Waals surface area (Å²) in [5.41, 5.74) is 1.38. The van der Waals surface area contributed by atoms with Crippen LogP contribution in [-0.4, -0.2) is 65.4 Å². The van der Waals surface area contributed by atoms with Crippen LogP contribution in [0.15, 0.2) is 24.3 Å². The second-order valence-corrected chi connectivity index (χ2v) is 9.61. The number of benzene rings is 1. The van der Waals surface area contributed by atoms with Gasteiger partial charge in [-0.2, -0.15) is 0 Å². The molecule has 0 aliphatic carbocycles. The largest absolute Gasteiger partial charge is 0.350 e. The molecule has 1 unspecified atom stereocenters. The number of hydrogen-bond acceptors (Lipinski definition) is 6. The van der Waals surface area contributed by atoms with Crippen LogP contribution in [0.5, 0.6) is 0 Å². The van der Waals surface area contributed by atoms with Crippen molar-refractivity contribution in [3.8, 4) is 0 Å². The molecular formula is C26H36N4O5. The Kier molecular flexibility index (Phi) is 8.77. The number of amides is 3. The van der Waals surface area contributed by atoms with E-state index in [9.17, 15) is 24.0 Å². The first-order valence-corrected chi connectivity index (χ1v) is 12.3. The normalized spacial score (nSPS) is 22.8. The summed E-state index contributed by atoms with van der Waals surface area (Å²) in [7, 11) is 1.69. The monoisotopic (exact) mass is 484 g/mol. The van der Waals surface area contributed by atoms with Gasteiger partial charge in [-0.3, -0.25) is 24.0 Å². The Morgan fingerprint density at radius 1 is 1.06 bits per heavy atom. The van der Waals surface area contributed by atoms with E-state index in [1.165, 1.54) is 13.8 Å². The Labute approximate surface area is 206 Å². The Hall–Kier alpha value is -3.07. The van der Waals surface area contributed by atoms with Crippen LogP contribution in [0.4, 0.5) is 0 Å². The summed E-state index contributed by atoms with van der Waals surface area (Å²) in [6.45, 7) is 4.74. The number of likely N-dealkylation sites (N-methyl/N-ethyl adjacent to an activating group) is 1. The van der Waals surface area contributed by atoms with Gasteiger partial charge in [-0.05, 0) is 71.0 Å². The molecule has 0 radical (unpaired) electrons. The standard InChI is InChI=1S/C26H36N4O5/c1-15(27-4)24(33)29-21-10-6-9-20-11-12-22(30(20)26(21)35)25(34)28-14-18-7-5-8-19(13-18)23(16(2)31)17(3)32/h5,7-8,13,15,20-23,27H,6,9-12,14H2,1-4H3,(H,28,34)(H,29,33)/t15-,20?,21-,22-/m0/s1. The molecule has 0 aromatic heterocycles. The lowest BCUT2D eigenvalue weighted by Gasteiger charge is -2.31. The van der Waals surface area contributed by atoms with Gasteiger partial charge >= 0.3 is 0 Å². The van der Waals surface area contributed by atoms with Gasteiger partial charge in [-0.1, -0.05) is 24.3 Å². The van der Waals surface area contributed by atoms with Crippen molar-refractivity contribution in [1.29, 1.82) is 0 Å². The van der Waals surface area contributed by atoms with Crippen LogP contribution in [0.3, 0.4) is 0 Å². The van der Waals surface area contributed by atoms with Crippen molar-refractivity contribution in [3.63, 3.8) is 0 Å². The molecule has 2 saturated heterocycles. The lowest BCUT2D eigenvalue weighted by Crippen LogP contribution is -2.56. The van der Waals surface area contributed by atoms with Crippen LogP contribution in [0.1, 0.15) is 69.9 Å². The smallest absolute Gasteiger partial charge is 0.246 e. The number of nitrogens with one attached hydrogen (secondary N) is 3. The molecule has 1 aromatic carbocycles. The first-order valence-electron chi connectivity index (χ1n) is 12.3. The van der Waals surface area contributed by atoms with Crippen LogP contribution in [0.2, 0.25) is 0 Å². The third kappa shape index (κ3) is 6.14. The summed E-state index contributed by atoms with van der Waals surface area (Å²) >= 11 is 0. The van der Waals surface area contributed by atoms with Crippen molar-refractivity contribution in [3.05, 3.63) is 35.4 Å². The maximum Gasteiger partial charge on any atom is 0.246 e. The molecule has 2 heterocycles. The number of fused-ring (bicyclic) bond motifs is 1. The lowest BCUT2D eigenvalue weighted by atomic mass is 9.91. The zero-order valence-electron chi connectivity index (χ0n) is 20.9. The number of rotatable bonds is 9. The molecule has 9 nitrogen and oxygen atoms in total. The van der Waals surface area contributed by atoms with Crippen molar-refractivity contribution in [2.24, 2.45) is 0 Å². The first-order chi connectivity index (χ1) is 16.6. The Morgan fingerprint density at radius 3 is 2.43 bits per heavy atom. The van der Waals surface area contributed by atoms with E-state index in [0.29, 0.717) is 18.4 Å². The minimum absolute atomic E-state index is 0.00269.